The first-order chi connectivity index (χ1) is 15.6. The van der Waals surface area contributed by atoms with Gasteiger partial charge in [-0.3, -0.25) is 9.69 Å². The van der Waals surface area contributed by atoms with Crippen molar-refractivity contribution < 1.29 is 23.1 Å². The Morgan fingerprint density at radius 2 is 1.62 bits per heavy atom. The fourth-order valence-corrected chi connectivity index (χ4v) is 3.84. The molecular weight excluding hydrogens is 408 g/mol. The lowest BCUT2D eigenvalue weighted by molar-refractivity contribution is -0.123. The number of amides is 1. The van der Waals surface area contributed by atoms with Crippen LogP contribution in [0.3, 0.4) is 0 Å². The van der Waals surface area contributed by atoms with Crippen molar-refractivity contribution in [1.82, 2.24) is 10.2 Å². The van der Waals surface area contributed by atoms with Gasteiger partial charge in [-0.1, -0.05) is 19.9 Å². The molecule has 7 nitrogen and oxygen atoms in total. The first-order valence-electron chi connectivity index (χ1n) is 11.0. The molecule has 3 heterocycles. The molecule has 1 atom stereocenters. The molecule has 1 N–H and O–H groups in total. The van der Waals surface area contributed by atoms with Crippen LogP contribution in [-0.4, -0.2) is 30.6 Å². The van der Waals surface area contributed by atoms with Gasteiger partial charge in [0.2, 0.25) is 5.91 Å². The van der Waals surface area contributed by atoms with Gasteiger partial charge in [0.1, 0.15) is 11.5 Å². The van der Waals surface area contributed by atoms with Crippen LogP contribution in [0.15, 0.2) is 63.8 Å². The number of carbonyl (C=O) groups is 1. The highest BCUT2D eigenvalue weighted by molar-refractivity contribution is 5.78. The molecule has 2 aromatic heterocycles. The average molecular weight is 439 g/mol. The molecule has 0 saturated carbocycles. The minimum absolute atomic E-state index is 0.0612. The van der Waals surface area contributed by atoms with E-state index in [1.165, 1.54) is 0 Å². The van der Waals surface area contributed by atoms with Crippen molar-refractivity contribution in [2.24, 2.45) is 5.92 Å². The summed E-state index contributed by atoms with van der Waals surface area (Å²) < 4.78 is 22.6. The van der Waals surface area contributed by atoms with E-state index >= 15 is 0 Å². The van der Waals surface area contributed by atoms with Crippen LogP contribution in [0.2, 0.25) is 0 Å². The Bertz CT molecular complexity index is 946. The maximum Gasteiger partial charge on any atom is 0.234 e. The summed E-state index contributed by atoms with van der Waals surface area (Å²) in [5.41, 5.74) is 1.00. The number of ether oxygens (including phenoxy) is 2. The van der Waals surface area contributed by atoms with Crippen molar-refractivity contribution in [3.8, 4) is 11.5 Å². The molecule has 1 aliphatic heterocycles. The van der Waals surface area contributed by atoms with Gasteiger partial charge >= 0.3 is 0 Å². The molecule has 7 heteroatoms. The fourth-order valence-electron chi connectivity index (χ4n) is 3.84. The van der Waals surface area contributed by atoms with E-state index in [-0.39, 0.29) is 24.4 Å². The Hall–Kier alpha value is -3.19. The molecule has 1 amide bonds. The first kappa shape index (κ1) is 22.0. The van der Waals surface area contributed by atoms with E-state index in [4.69, 9.17) is 18.3 Å². The van der Waals surface area contributed by atoms with Gasteiger partial charge in [0, 0.05) is 6.42 Å². The largest absolute Gasteiger partial charge is 0.490 e. The van der Waals surface area contributed by atoms with E-state index in [0.29, 0.717) is 26.3 Å². The quantitative estimate of drug-likeness (QED) is 0.528. The molecule has 1 aliphatic rings. The molecule has 4 rings (SSSR count). The van der Waals surface area contributed by atoms with Gasteiger partial charge in [0.05, 0.1) is 51.4 Å². The van der Waals surface area contributed by atoms with Crippen LogP contribution in [0.5, 0.6) is 11.5 Å². The lowest BCUT2D eigenvalue weighted by atomic mass is 9.95. The van der Waals surface area contributed by atoms with Gasteiger partial charge in [0.15, 0.2) is 11.5 Å². The second kappa shape index (κ2) is 10.4. The second-order valence-electron chi connectivity index (χ2n) is 8.35. The SMILES string of the molecule is CC(C)C(NC(=O)CN(Cc1ccco1)Cc1ccco1)c1ccc2c(c1)OCCCO2. The first-order valence-corrected chi connectivity index (χ1v) is 11.0. The molecule has 170 valence electrons. The number of hydrogen-bond acceptors (Lipinski definition) is 6. The number of carbonyl (C=O) groups excluding carboxylic acids is 1. The van der Waals surface area contributed by atoms with Crippen molar-refractivity contribution in [1.29, 1.82) is 0 Å². The lowest BCUT2D eigenvalue weighted by Gasteiger charge is -2.26. The fraction of sp³-hybridized carbons (Fsp3) is 0.400. The predicted molar refractivity (Wildman–Crippen MR) is 119 cm³/mol. The molecule has 0 radical (unpaired) electrons. The van der Waals surface area contributed by atoms with Gasteiger partial charge in [-0.05, 0) is 47.9 Å². The van der Waals surface area contributed by atoms with Gasteiger partial charge in [-0.25, -0.2) is 0 Å². The van der Waals surface area contributed by atoms with E-state index in [2.05, 4.69) is 19.2 Å². The van der Waals surface area contributed by atoms with E-state index in [1.54, 1.807) is 12.5 Å². The van der Waals surface area contributed by atoms with E-state index in [0.717, 1.165) is 35.0 Å². The number of benzene rings is 1. The van der Waals surface area contributed by atoms with E-state index in [1.807, 2.05) is 47.4 Å². The molecule has 3 aromatic rings. The minimum atomic E-state index is -0.145. The number of nitrogens with zero attached hydrogens (tertiary/aromatic N) is 1. The molecule has 0 saturated heterocycles. The van der Waals surface area contributed by atoms with Gasteiger partial charge in [-0.2, -0.15) is 0 Å². The van der Waals surface area contributed by atoms with Crippen LogP contribution in [0, 0.1) is 5.92 Å². The summed E-state index contributed by atoms with van der Waals surface area (Å²) in [4.78, 5) is 15.1. The van der Waals surface area contributed by atoms with E-state index in [9.17, 15) is 4.79 Å². The maximum atomic E-state index is 13.1. The van der Waals surface area contributed by atoms with Crippen LogP contribution in [0.1, 0.15) is 43.4 Å². The summed E-state index contributed by atoms with van der Waals surface area (Å²) >= 11 is 0. The van der Waals surface area contributed by atoms with Crippen molar-refractivity contribution >= 4 is 5.91 Å². The predicted octanol–water partition coefficient (Wildman–Crippen LogP) is 4.55. The molecule has 0 fully saturated rings. The summed E-state index contributed by atoms with van der Waals surface area (Å²) in [7, 11) is 0. The standard InChI is InChI=1S/C25H30N2O5/c1-18(2)25(19-8-9-22-23(14-19)32-13-5-12-31-22)26-24(28)17-27(15-20-6-3-10-29-20)16-21-7-4-11-30-21/h3-4,6-11,14,18,25H,5,12-13,15-17H2,1-2H3,(H,26,28). The van der Waals surface area contributed by atoms with Crippen molar-refractivity contribution in [3.05, 3.63) is 72.1 Å². The minimum Gasteiger partial charge on any atom is -0.490 e. The zero-order chi connectivity index (χ0) is 22.3. The third kappa shape index (κ3) is 5.73. The molecule has 0 bridgehead atoms. The molecule has 1 aromatic carbocycles. The summed E-state index contributed by atoms with van der Waals surface area (Å²) in [5, 5.41) is 3.21. The van der Waals surface area contributed by atoms with Crippen LogP contribution < -0.4 is 14.8 Å². The van der Waals surface area contributed by atoms with Crippen molar-refractivity contribution in [2.45, 2.75) is 39.4 Å². The number of nitrogens with one attached hydrogen (secondary N) is 1. The highest BCUT2D eigenvalue weighted by Gasteiger charge is 2.23. The topological polar surface area (TPSA) is 77.1 Å². The Labute approximate surface area is 188 Å². The average Bonchev–Trinajstić information content (AvgIpc) is 3.42. The monoisotopic (exact) mass is 438 g/mol. The highest BCUT2D eigenvalue weighted by Crippen LogP contribution is 2.34. The normalized spacial score (nSPS) is 14.4. The number of furan rings is 2. The van der Waals surface area contributed by atoms with Crippen LogP contribution in [-0.2, 0) is 17.9 Å². The smallest absolute Gasteiger partial charge is 0.234 e. The van der Waals surface area contributed by atoms with Crippen molar-refractivity contribution in [2.75, 3.05) is 19.8 Å². The summed E-state index contributed by atoms with van der Waals surface area (Å²) in [5.74, 6) is 3.22. The molecule has 32 heavy (non-hydrogen) atoms. The zero-order valence-corrected chi connectivity index (χ0v) is 18.6. The Kier molecular flexibility index (Phi) is 7.17. The van der Waals surface area contributed by atoms with Crippen LogP contribution in [0.4, 0.5) is 0 Å². The molecule has 0 aliphatic carbocycles. The third-order valence-electron chi connectivity index (χ3n) is 5.40. The second-order valence-corrected chi connectivity index (χ2v) is 8.35. The number of hydrogen-bond donors (Lipinski definition) is 1. The van der Waals surface area contributed by atoms with E-state index < -0.39 is 0 Å². The van der Waals surface area contributed by atoms with Crippen LogP contribution >= 0.6 is 0 Å². The molecule has 0 spiro atoms. The van der Waals surface area contributed by atoms with Crippen molar-refractivity contribution in [3.63, 3.8) is 0 Å². The Morgan fingerprint density at radius 1 is 0.969 bits per heavy atom. The molecule has 1 unspecified atom stereocenters. The van der Waals surface area contributed by atoms with Gasteiger partial charge in [0.25, 0.3) is 0 Å². The van der Waals surface area contributed by atoms with Gasteiger partial charge < -0.3 is 23.6 Å². The number of rotatable bonds is 9. The van der Waals surface area contributed by atoms with Crippen LogP contribution in [0.25, 0.3) is 0 Å². The zero-order valence-electron chi connectivity index (χ0n) is 18.6. The maximum absolute atomic E-state index is 13.1. The number of fused-ring (bicyclic) bond motifs is 1. The third-order valence-corrected chi connectivity index (χ3v) is 5.40. The summed E-state index contributed by atoms with van der Waals surface area (Å²) in [6, 6.07) is 13.3. The Balaban J connectivity index is 1.46. The molecular formula is C25H30N2O5. The Morgan fingerprint density at radius 3 is 2.22 bits per heavy atom. The summed E-state index contributed by atoms with van der Waals surface area (Å²) in [6.45, 7) is 6.71. The lowest BCUT2D eigenvalue weighted by Crippen LogP contribution is -2.39. The summed E-state index contributed by atoms with van der Waals surface area (Å²) in [6.07, 6.45) is 4.13. The van der Waals surface area contributed by atoms with Gasteiger partial charge in [-0.15, -0.1) is 0 Å². The highest BCUT2D eigenvalue weighted by atomic mass is 16.5.